The minimum absolute atomic E-state index is 0.791. The van der Waals surface area contributed by atoms with Gasteiger partial charge in [0.05, 0.1) is 0 Å². The van der Waals surface area contributed by atoms with Gasteiger partial charge in [0.1, 0.15) is 0 Å². The van der Waals surface area contributed by atoms with E-state index in [-0.39, 0.29) is 0 Å². The van der Waals surface area contributed by atoms with Crippen molar-refractivity contribution in [2.24, 2.45) is 0 Å². The largest absolute Gasteiger partial charge is 0.314 e. The molecule has 4 heteroatoms. The van der Waals surface area contributed by atoms with Crippen molar-refractivity contribution in [2.45, 2.75) is 76.3 Å². The van der Waals surface area contributed by atoms with E-state index in [2.05, 4.69) is 21.3 Å². The molecular formula is C18H38N4. The fourth-order valence-electron chi connectivity index (χ4n) is 3.77. The first-order chi connectivity index (χ1) is 10.9. The Morgan fingerprint density at radius 1 is 0.455 bits per heavy atom. The summed E-state index contributed by atoms with van der Waals surface area (Å²) in [5, 5.41) is 14.4. The monoisotopic (exact) mass is 310 g/mol. The van der Waals surface area contributed by atoms with Crippen LogP contribution in [0.25, 0.3) is 0 Å². The van der Waals surface area contributed by atoms with E-state index >= 15 is 0 Å². The maximum Gasteiger partial charge on any atom is 0.00793 e. The summed E-state index contributed by atoms with van der Waals surface area (Å²) in [6.07, 6.45) is 14.1. The van der Waals surface area contributed by atoms with Gasteiger partial charge in [-0.05, 0) is 25.7 Å². The summed E-state index contributed by atoms with van der Waals surface area (Å²) in [7, 11) is 0. The Morgan fingerprint density at radius 2 is 0.818 bits per heavy atom. The molecule has 0 bridgehead atoms. The van der Waals surface area contributed by atoms with Crippen LogP contribution in [0.1, 0.15) is 64.2 Å². The summed E-state index contributed by atoms with van der Waals surface area (Å²) in [5.41, 5.74) is 0. The highest BCUT2D eigenvalue weighted by atomic mass is 15.0. The zero-order valence-corrected chi connectivity index (χ0v) is 14.5. The molecule has 0 aromatic heterocycles. The zero-order chi connectivity index (χ0) is 15.3. The van der Waals surface area contributed by atoms with Crippen molar-refractivity contribution in [1.82, 2.24) is 21.3 Å². The molecule has 0 spiro atoms. The summed E-state index contributed by atoms with van der Waals surface area (Å²) in [6, 6.07) is 1.58. The Bertz CT molecular complexity index is 221. The predicted octanol–water partition coefficient (Wildman–Crippen LogP) is 2.01. The minimum atomic E-state index is 0.791. The second kappa shape index (κ2) is 12.3. The van der Waals surface area contributed by atoms with Crippen LogP contribution in [0, 0.1) is 0 Å². The summed E-state index contributed by atoms with van der Waals surface area (Å²) in [4.78, 5) is 0. The molecule has 0 aromatic rings. The molecule has 130 valence electrons. The first kappa shape index (κ1) is 18.2. The van der Waals surface area contributed by atoms with Crippen LogP contribution < -0.4 is 21.3 Å². The van der Waals surface area contributed by atoms with E-state index in [1.54, 1.807) is 0 Å². The van der Waals surface area contributed by atoms with Gasteiger partial charge in [-0.15, -0.1) is 0 Å². The van der Waals surface area contributed by atoms with Gasteiger partial charge in [0.2, 0.25) is 0 Å². The van der Waals surface area contributed by atoms with E-state index in [1.807, 2.05) is 0 Å². The number of hydrogen-bond acceptors (Lipinski definition) is 4. The van der Waals surface area contributed by atoms with E-state index < -0.39 is 0 Å². The van der Waals surface area contributed by atoms with E-state index in [0.717, 1.165) is 51.4 Å². The zero-order valence-electron chi connectivity index (χ0n) is 14.5. The molecule has 2 saturated carbocycles. The van der Waals surface area contributed by atoms with Crippen molar-refractivity contribution in [3.05, 3.63) is 0 Å². The topological polar surface area (TPSA) is 48.1 Å². The highest BCUT2D eigenvalue weighted by Gasteiger charge is 2.12. The van der Waals surface area contributed by atoms with Crippen LogP contribution in [0.2, 0.25) is 0 Å². The number of nitrogens with one attached hydrogen (secondary N) is 4. The lowest BCUT2D eigenvalue weighted by Gasteiger charge is -2.23. The predicted molar refractivity (Wildman–Crippen MR) is 95.5 cm³/mol. The SMILES string of the molecule is C1CCC(NCCNCCNCCNC2CCCCC2)CC1. The Balaban J connectivity index is 1.28. The lowest BCUT2D eigenvalue weighted by Crippen LogP contribution is -2.39. The van der Waals surface area contributed by atoms with Crippen molar-refractivity contribution in [3.8, 4) is 0 Å². The van der Waals surface area contributed by atoms with Crippen LogP contribution in [-0.2, 0) is 0 Å². The molecule has 0 heterocycles. The fourth-order valence-corrected chi connectivity index (χ4v) is 3.77. The highest BCUT2D eigenvalue weighted by Crippen LogP contribution is 2.17. The van der Waals surface area contributed by atoms with Gasteiger partial charge in [0, 0.05) is 51.4 Å². The van der Waals surface area contributed by atoms with Crippen molar-refractivity contribution in [1.29, 1.82) is 0 Å². The lowest BCUT2D eigenvalue weighted by molar-refractivity contribution is 0.370. The van der Waals surface area contributed by atoms with E-state index in [9.17, 15) is 0 Å². The molecule has 0 aliphatic heterocycles. The average Bonchev–Trinajstić information content (AvgIpc) is 2.58. The quantitative estimate of drug-likeness (QED) is 0.441. The second-order valence-electron chi connectivity index (χ2n) is 7.08. The first-order valence-electron chi connectivity index (χ1n) is 9.83. The smallest absolute Gasteiger partial charge is 0.00793 e. The Kier molecular flexibility index (Phi) is 10.2. The van der Waals surface area contributed by atoms with Crippen LogP contribution >= 0.6 is 0 Å². The molecular weight excluding hydrogens is 272 g/mol. The van der Waals surface area contributed by atoms with Gasteiger partial charge in [-0.25, -0.2) is 0 Å². The maximum absolute atomic E-state index is 3.68. The molecule has 2 fully saturated rings. The molecule has 2 aliphatic rings. The molecule has 4 nitrogen and oxygen atoms in total. The first-order valence-corrected chi connectivity index (χ1v) is 9.83. The molecule has 4 N–H and O–H groups in total. The maximum atomic E-state index is 3.68. The van der Waals surface area contributed by atoms with Gasteiger partial charge < -0.3 is 21.3 Å². The number of rotatable bonds is 11. The standard InChI is InChI=1S/C18H38N4/c1-3-7-17(8-4-1)21-15-13-19-11-12-20-14-16-22-18-9-5-2-6-10-18/h17-22H,1-16H2. The van der Waals surface area contributed by atoms with Gasteiger partial charge in [-0.1, -0.05) is 38.5 Å². The second-order valence-corrected chi connectivity index (χ2v) is 7.08. The third-order valence-electron chi connectivity index (χ3n) is 5.16. The third-order valence-corrected chi connectivity index (χ3v) is 5.16. The van der Waals surface area contributed by atoms with Gasteiger partial charge in [-0.2, -0.15) is 0 Å². The Hall–Kier alpha value is -0.160. The van der Waals surface area contributed by atoms with Crippen LogP contribution in [-0.4, -0.2) is 51.4 Å². The van der Waals surface area contributed by atoms with Crippen LogP contribution in [0.5, 0.6) is 0 Å². The summed E-state index contributed by atoms with van der Waals surface area (Å²) in [5.74, 6) is 0. The van der Waals surface area contributed by atoms with Crippen molar-refractivity contribution in [2.75, 3.05) is 39.3 Å². The van der Waals surface area contributed by atoms with Crippen molar-refractivity contribution >= 4 is 0 Å². The lowest BCUT2D eigenvalue weighted by atomic mass is 9.95. The average molecular weight is 311 g/mol. The van der Waals surface area contributed by atoms with Gasteiger partial charge in [0.15, 0.2) is 0 Å². The molecule has 0 saturated heterocycles. The highest BCUT2D eigenvalue weighted by molar-refractivity contribution is 4.73. The van der Waals surface area contributed by atoms with E-state index in [4.69, 9.17) is 0 Å². The van der Waals surface area contributed by atoms with Gasteiger partial charge in [0.25, 0.3) is 0 Å². The molecule has 2 aliphatic carbocycles. The summed E-state index contributed by atoms with van der Waals surface area (Å²) < 4.78 is 0. The Morgan fingerprint density at radius 3 is 1.23 bits per heavy atom. The van der Waals surface area contributed by atoms with Crippen LogP contribution in [0.3, 0.4) is 0 Å². The van der Waals surface area contributed by atoms with E-state index in [0.29, 0.717) is 0 Å². The minimum Gasteiger partial charge on any atom is -0.314 e. The molecule has 0 radical (unpaired) electrons. The molecule has 0 atom stereocenters. The molecule has 2 rings (SSSR count). The fraction of sp³-hybridized carbons (Fsp3) is 1.00. The van der Waals surface area contributed by atoms with E-state index in [1.165, 1.54) is 64.2 Å². The molecule has 0 amide bonds. The third kappa shape index (κ3) is 8.47. The van der Waals surface area contributed by atoms with Crippen molar-refractivity contribution < 1.29 is 0 Å². The molecule has 22 heavy (non-hydrogen) atoms. The van der Waals surface area contributed by atoms with Crippen molar-refractivity contribution in [3.63, 3.8) is 0 Å². The summed E-state index contributed by atoms with van der Waals surface area (Å²) >= 11 is 0. The number of hydrogen-bond donors (Lipinski definition) is 4. The molecule has 0 aromatic carbocycles. The molecule has 0 unspecified atom stereocenters. The van der Waals surface area contributed by atoms with Crippen LogP contribution in [0.4, 0.5) is 0 Å². The summed E-state index contributed by atoms with van der Waals surface area (Å²) in [6.45, 7) is 6.59. The van der Waals surface area contributed by atoms with Crippen LogP contribution in [0.15, 0.2) is 0 Å². The Labute approximate surface area is 137 Å². The van der Waals surface area contributed by atoms with Gasteiger partial charge >= 0.3 is 0 Å². The normalized spacial score (nSPS) is 21.3. The van der Waals surface area contributed by atoms with Gasteiger partial charge in [-0.3, -0.25) is 0 Å².